The molecule has 2 aromatic carbocycles. The van der Waals surface area contributed by atoms with Crippen LogP contribution in [-0.4, -0.2) is 73.1 Å². The van der Waals surface area contributed by atoms with Crippen LogP contribution in [0.3, 0.4) is 0 Å². The molecule has 1 fully saturated rings. The minimum Gasteiger partial charge on any atom is -0.497 e. The van der Waals surface area contributed by atoms with E-state index in [-0.39, 0.29) is 0 Å². The van der Waals surface area contributed by atoms with Gasteiger partial charge in [-0.3, -0.25) is 4.90 Å². The number of imidazole rings is 1. The number of nitrogens with zero attached hydrogens (tertiary/aromatic N) is 5. The van der Waals surface area contributed by atoms with Gasteiger partial charge in [-0.15, -0.1) is 0 Å². The first kappa shape index (κ1) is 24.3. The number of ether oxygens (including phenoxy) is 1. The smallest absolute Gasteiger partial charge is 0.137 e. The average Bonchev–Trinajstić information content (AvgIpc) is 3.27. The van der Waals surface area contributed by atoms with Crippen LogP contribution in [0.4, 0.5) is 5.69 Å². The Kier molecular flexibility index (Phi) is 7.25. The number of piperazine rings is 1. The first-order valence-electron chi connectivity index (χ1n) is 12.9. The molecule has 188 valence electrons. The van der Waals surface area contributed by atoms with E-state index in [1.165, 1.54) is 35.5 Å². The predicted octanol–water partition coefficient (Wildman–Crippen LogP) is 5.27. The van der Waals surface area contributed by atoms with Gasteiger partial charge in [0.2, 0.25) is 0 Å². The Morgan fingerprint density at radius 2 is 1.44 bits per heavy atom. The van der Waals surface area contributed by atoms with Crippen molar-refractivity contribution in [2.75, 3.05) is 58.8 Å². The van der Waals surface area contributed by atoms with Gasteiger partial charge in [0.05, 0.1) is 18.5 Å². The number of pyridine rings is 1. The maximum atomic E-state index is 5.39. The number of fused-ring (bicyclic) bond motifs is 1. The molecule has 1 saturated heterocycles. The predicted molar refractivity (Wildman–Crippen MR) is 149 cm³/mol. The third kappa shape index (κ3) is 5.11. The minimum atomic E-state index is 0.861. The average molecular weight is 484 g/mol. The molecule has 0 aliphatic carbocycles. The van der Waals surface area contributed by atoms with Crippen molar-refractivity contribution >= 4 is 11.3 Å². The molecular weight excluding hydrogens is 446 g/mol. The van der Waals surface area contributed by atoms with Crippen molar-refractivity contribution in [3.63, 3.8) is 0 Å². The summed E-state index contributed by atoms with van der Waals surface area (Å²) in [6.45, 7) is 8.76. The Morgan fingerprint density at radius 1 is 0.806 bits per heavy atom. The van der Waals surface area contributed by atoms with Gasteiger partial charge in [-0.05, 0) is 72.6 Å². The zero-order chi connectivity index (χ0) is 25.1. The van der Waals surface area contributed by atoms with E-state index >= 15 is 0 Å². The molecule has 0 N–H and O–H groups in total. The Bertz CT molecular complexity index is 1290. The Labute approximate surface area is 214 Å². The normalized spacial score (nSPS) is 14.9. The second-order valence-corrected chi connectivity index (χ2v) is 9.84. The Morgan fingerprint density at radius 3 is 2.08 bits per heavy atom. The zero-order valence-corrected chi connectivity index (χ0v) is 21.9. The molecule has 6 nitrogen and oxygen atoms in total. The largest absolute Gasteiger partial charge is 0.497 e. The van der Waals surface area contributed by atoms with Crippen LogP contribution in [-0.2, 0) is 6.54 Å². The van der Waals surface area contributed by atoms with Gasteiger partial charge in [0.15, 0.2) is 0 Å². The van der Waals surface area contributed by atoms with Crippen molar-refractivity contribution in [3.8, 4) is 28.1 Å². The van der Waals surface area contributed by atoms with Crippen LogP contribution in [0.5, 0.6) is 5.75 Å². The first-order chi connectivity index (χ1) is 17.6. The highest BCUT2D eigenvalue weighted by atomic mass is 16.5. The van der Waals surface area contributed by atoms with Gasteiger partial charge in [0.25, 0.3) is 0 Å². The van der Waals surface area contributed by atoms with Crippen LogP contribution in [0.25, 0.3) is 28.0 Å². The molecule has 0 atom stereocenters. The van der Waals surface area contributed by atoms with Crippen molar-refractivity contribution in [3.05, 3.63) is 72.6 Å². The summed E-state index contributed by atoms with van der Waals surface area (Å²) in [5.41, 5.74) is 8.00. The van der Waals surface area contributed by atoms with Crippen LogP contribution in [0, 0.1) is 0 Å². The van der Waals surface area contributed by atoms with E-state index in [2.05, 4.69) is 94.8 Å². The summed E-state index contributed by atoms with van der Waals surface area (Å²) < 4.78 is 7.69. The lowest BCUT2D eigenvalue weighted by molar-refractivity contribution is 0.126. The van der Waals surface area contributed by atoms with Gasteiger partial charge in [0, 0.05) is 64.3 Å². The van der Waals surface area contributed by atoms with Crippen LogP contribution in [0.2, 0.25) is 0 Å². The number of hydrogen-bond donors (Lipinski definition) is 0. The third-order valence-electron chi connectivity index (χ3n) is 7.18. The Hall–Kier alpha value is -3.35. The van der Waals surface area contributed by atoms with E-state index in [9.17, 15) is 0 Å². The summed E-state index contributed by atoms with van der Waals surface area (Å²) in [4.78, 5) is 12.4. The lowest BCUT2D eigenvalue weighted by atomic mass is 10.1. The van der Waals surface area contributed by atoms with Gasteiger partial charge >= 0.3 is 0 Å². The monoisotopic (exact) mass is 483 g/mol. The molecule has 36 heavy (non-hydrogen) atoms. The molecule has 0 bridgehead atoms. The minimum absolute atomic E-state index is 0.861. The molecule has 3 heterocycles. The molecule has 0 spiro atoms. The molecule has 2 aromatic heterocycles. The number of methoxy groups -OCH3 is 1. The van der Waals surface area contributed by atoms with Crippen LogP contribution in [0.1, 0.15) is 19.0 Å². The standard InChI is InChI=1S/C30H37N5O/c1-5-16-33-17-19-34(20-18-33)22-28-30(24-8-13-27(36-4)14-9-24)31-29-15-10-25(21-35(28)29)23-6-11-26(12-7-23)32(2)3/h6-15,21H,5,16-20,22H2,1-4H3. The van der Waals surface area contributed by atoms with Crippen molar-refractivity contribution < 1.29 is 4.74 Å². The fourth-order valence-corrected chi connectivity index (χ4v) is 5.05. The summed E-state index contributed by atoms with van der Waals surface area (Å²) in [7, 11) is 5.85. The van der Waals surface area contributed by atoms with Crippen molar-refractivity contribution in [1.29, 1.82) is 0 Å². The SMILES string of the molecule is CCCN1CCN(Cc2c(-c3ccc(OC)cc3)nc3ccc(-c4ccc(N(C)C)cc4)cn23)CC1. The van der Waals surface area contributed by atoms with E-state index < -0.39 is 0 Å². The van der Waals surface area contributed by atoms with Crippen molar-refractivity contribution in [2.45, 2.75) is 19.9 Å². The Balaban J connectivity index is 1.52. The molecule has 0 radical (unpaired) electrons. The number of rotatable bonds is 8. The summed E-state index contributed by atoms with van der Waals surface area (Å²) in [6.07, 6.45) is 3.47. The van der Waals surface area contributed by atoms with E-state index in [1.807, 2.05) is 12.1 Å². The maximum absolute atomic E-state index is 5.39. The van der Waals surface area contributed by atoms with Crippen molar-refractivity contribution in [2.24, 2.45) is 0 Å². The van der Waals surface area contributed by atoms with Crippen LogP contribution < -0.4 is 9.64 Å². The molecule has 0 saturated carbocycles. The highest BCUT2D eigenvalue weighted by Crippen LogP contribution is 2.30. The van der Waals surface area contributed by atoms with Crippen molar-refractivity contribution in [1.82, 2.24) is 19.2 Å². The van der Waals surface area contributed by atoms with Gasteiger partial charge in [-0.2, -0.15) is 0 Å². The van der Waals surface area contributed by atoms with Crippen LogP contribution >= 0.6 is 0 Å². The zero-order valence-electron chi connectivity index (χ0n) is 21.9. The number of hydrogen-bond acceptors (Lipinski definition) is 5. The van der Waals surface area contributed by atoms with E-state index in [0.717, 1.165) is 55.4 Å². The summed E-state index contributed by atoms with van der Waals surface area (Å²) >= 11 is 0. The lowest BCUT2D eigenvalue weighted by Crippen LogP contribution is -2.46. The molecular formula is C30H37N5O. The second-order valence-electron chi connectivity index (χ2n) is 9.84. The van der Waals surface area contributed by atoms with E-state index in [0.29, 0.717) is 0 Å². The summed E-state index contributed by atoms with van der Waals surface area (Å²) in [5.74, 6) is 0.861. The highest BCUT2D eigenvalue weighted by molar-refractivity contribution is 5.71. The van der Waals surface area contributed by atoms with Crippen LogP contribution in [0.15, 0.2) is 66.9 Å². The molecule has 4 aromatic rings. The van der Waals surface area contributed by atoms with Gasteiger partial charge < -0.3 is 18.9 Å². The highest BCUT2D eigenvalue weighted by Gasteiger charge is 2.21. The molecule has 1 aliphatic heterocycles. The maximum Gasteiger partial charge on any atom is 0.137 e. The lowest BCUT2D eigenvalue weighted by Gasteiger charge is -2.34. The fourth-order valence-electron chi connectivity index (χ4n) is 5.05. The van der Waals surface area contributed by atoms with E-state index in [1.54, 1.807) is 7.11 Å². The fraction of sp³-hybridized carbons (Fsp3) is 0.367. The van der Waals surface area contributed by atoms with Gasteiger partial charge in [-0.25, -0.2) is 4.98 Å². The topological polar surface area (TPSA) is 36.2 Å². The summed E-state index contributed by atoms with van der Waals surface area (Å²) in [6, 6.07) is 21.3. The summed E-state index contributed by atoms with van der Waals surface area (Å²) in [5, 5.41) is 0. The molecule has 5 rings (SSSR count). The third-order valence-corrected chi connectivity index (χ3v) is 7.18. The number of anilines is 1. The quantitative estimate of drug-likeness (QED) is 0.341. The number of benzene rings is 2. The molecule has 0 amide bonds. The molecule has 1 aliphatic rings. The molecule has 6 heteroatoms. The number of aromatic nitrogens is 2. The second kappa shape index (κ2) is 10.7. The van der Waals surface area contributed by atoms with E-state index in [4.69, 9.17) is 9.72 Å². The van der Waals surface area contributed by atoms with Gasteiger partial charge in [0.1, 0.15) is 11.4 Å². The first-order valence-corrected chi connectivity index (χ1v) is 12.9. The van der Waals surface area contributed by atoms with Gasteiger partial charge in [-0.1, -0.05) is 19.1 Å². The molecule has 0 unspecified atom stereocenters.